The lowest BCUT2D eigenvalue weighted by molar-refractivity contribution is -0.117. The Morgan fingerprint density at radius 2 is 2.00 bits per heavy atom. The molecule has 0 aliphatic carbocycles. The quantitative estimate of drug-likeness (QED) is 0.684. The molecule has 1 fully saturated rings. The van der Waals surface area contributed by atoms with E-state index in [4.69, 9.17) is 11.6 Å². The maximum absolute atomic E-state index is 13.4. The van der Waals surface area contributed by atoms with Crippen molar-refractivity contribution >= 4 is 50.5 Å². The Morgan fingerprint density at radius 1 is 1.22 bits per heavy atom. The summed E-state index contributed by atoms with van der Waals surface area (Å²) in [6.45, 7) is 1.09. The van der Waals surface area contributed by atoms with E-state index in [-0.39, 0.29) is 17.6 Å². The van der Waals surface area contributed by atoms with Gasteiger partial charge in [-0.25, -0.2) is 4.39 Å². The van der Waals surface area contributed by atoms with Gasteiger partial charge in [0.15, 0.2) is 0 Å². The van der Waals surface area contributed by atoms with Gasteiger partial charge in [0.2, 0.25) is 5.91 Å². The molecule has 27 heavy (non-hydrogen) atoms. The Kier molecular flexibility index (Phi) is 4.85. The predicted octanol–water partition coefficient (Wildman–Crippen LogP) is 4.75. The molecule has 0 spiro atoms. The molecule has 0 atom stereocenters. The average Bonchev–Trinajstić information content (AvgIpc) is 3.23. The number of thiophene rings is 1. The van der Waals surface area contributed by atoms with Crippen molar-refractivity contribution in [1.29, 1.82) is 0 Å². The highest BCUT2D eigenvalue weighted by Crippen LogP contribution is 2.35. The molecule has 7 heteroatoms. The van der Waals surface area contributed by atoms with Crippen LogP contribution in [0.2, 0.25) is 5.02 Å². The number of anilines is 1. The lowest BCUT2D eigenvalue weighted by Gasteiger charge is -2.16. The molecule has 2 aromatic carbocycles. The molecule has 0 bridgehead atoms. The van der Waals surface area contributed by atoms with Crippen molar-refractivity contribution in [2.45, 2.75) is 19.4 Å². The standard InChI is InChI=1S/C20H16ClFN2O2S/c21-18-15-8-5-13(22)10-16(15)27-19(18)20(26)23-11-12-3-6-14(7-4-12)24-9-1-2-17(24)25/h3-8,10H,1-2,9,11H2,(H,23,26). The molecule has 0 saturated carbocycles. The summed E-state index contributed by atoms with van der Waals surface area (Å²) in [4.78, 5) is 26.4. The van der Waals surface area contributed by atoms with Crippen LogP contribution < -0.4 is 10.2 Å². The van der Waals surface area contributed by atoms with Crippen LogP contribution in [0.1, 0.15) is 28.1 Å². The minimum absolute atomic E-state index is 0.145. The highest BCUT2D eigenvalue weighted by Gasteiger charge is 2.21. The second-order valence-electron chi connectivity index (χ2n) is 6.38. The fourth-order valence-electron chi connectivity index (χ4n) is 3.16. The van der Waals surface area contributed by atoms with Gasteiger partial charge in [-0.1, -0.05) is 23.7 Å². The lowest BCUT2D eigenvalue weighted by atomic mass is 10.2. The number of hydrogen-bond acceptors (Lipinski definition) is 3. The average molecular weight is 403 g/mol. The number of amides is 2. The molecular formula is C20H16ClFN2O2S. The van der Waals surface area contributed by atoms with Gasteiger partial charge in [0.05, 0.1) is 5.02 Å². The number of nitrogens with zero attached hydrogens (tertiary/aromatic N) is 1. The predicted molar refractivity (Wildman–Crippen MR) is 106 cm³/mol. The second-order valence-corrected chi connectivity index (χ2v) is 7.81. The first kappa shape index (κ1) is 17.9. The molecule has 3 aromatic rings. The Balaban J connectivity index is 1.45. The molecule has 1 aliphatic rings. The summed E-state index contributed by atoms with van der Waals surface area (Å²) in [6.07, 6.45) is 1.48. The Morgan fingerprint density at radius 3 is 2.70 bits per heavy atom. The minimum Gasteiger partial charge on any atom is -0.347 e. The molecule has 1 aliphatic heterocycles. The first-order valence-corrected chi connectivity index (χ1v) is 9.77. The van der Waals surface area contributed by atoms with Crippen LogP contribution in [0.4, 0.5) is 10.1 Å². The van der Waals surface area contributed by atoms with E-state index in [1.807, 2.05) is 24.3 Å². The lowest BCUT2D eigenvalue weighted by Crippen LogP contribution is -2.24. The van der Waals surface area contributed by atoms with Gasteiger partial charge in [-0.3, -0.25) is 9.59 Å². The highest BCUT2D eigenvalue weighted by molar-refractivity contribution is 7.21. The molecule has 2 heterocycles. The number of hydrogen-bond donors (Lipinski definition) is 1. The molecular weight excluding hydrogens is 387 g/mol. The van der Waals surface area contributed by atoms with Crippen LogP contribution >= 0.6 is 22.9 Å². The Hall–Kier alpha value is -2.44. The third kappa shape index (κ3) is 3.55. The molecule has 138 valence electrons. The zero-order valence-electron chi connectivity index (χ0n) is 14.3. The Bertz CT molecular complexity index is 1030. The number of carbonyl (C=O) groups excluding carboxylic acids is 2. The van der Waals surface area contributed by atoms with E-state index in [1.165, 1.54) is 23.5 Å². The third-order valence-corrected chi connectivity index (χ3v) is 6.23. The molecule has 1 aromatic heterocycles. The van der Waals surface area contributed by atoms with Gasteiger partial charge in [-0.2, -0.15) is 0 Å². The van der Waals surface area contributed by atoms with E-state index >= 15 is 0 Å². The number of fused-ring (bicyclic) bond motifs is 1. The second kappa shape index (κ2) is 7.29. The summed E-state index contributed by atoms with van der Waals surface area (Å²) in [5.41, 5.74) is 1.80. The number of carbonyl (C=O) groups is 2. The first-order valence-electron chi connectivity index (χ1n) is 8.58. The van der Waals surface area contributed by atoms with Crippen molar-refractivity contribution in [3.63, 3.8) is 0 Å². The number of benzene rings is 2. The van der Waals surface area contributed by atoms with Crippen molar-refractivity contribution < 1.29 is 14.0 Å². The van der Waals surface area contributed by atoms with E-state index in [1.54, 1.807) is 11.0 Å². The van der Waals surface area contributed by atoms with Crippen LogP contribution in [0.15, 0.2) is 42.5 Å². The normalized spacial score (nSPS) is 14.1. The SMILES string of the molecule is O=C(NCc1ccc(N2CCCC2=O)cc1)c1sc2cc(F)ccc2c1Cl. The summed E-state index contributed by atoms with van der Waals surface area (Å²) < 4.78 is 14.0. The van der Waals surface area contributed by atoms with Gasteiger partial charge in [-0.05, 0) is 42.3 Å². The van der Waals surface area contributed by atoms with Gasteiger partial charge in [-0.15, -0.1) is 11.3 Å². The number of nitrogens with one attached hydrogen (secondary N) is 1. The topological polar surface area (TPSA) is 49.4 Å². The van der Waals surface area contributed by atoms with Crippen LogP contribution in [0.5, 0.6) is 0 Å². The Labute approximate surface area is 164 Å². The monoisotopic (exact) mass is 402 g/mol. The van der Waals surface area contributed by atoms with Crippen LogP contribution in [-0.2, 0) is 11.3 Å². The molecule has 0 radical (unpaired) electrons. The minimum atomic E-state index is -0.357. The fraction of sp³-hybridized carbons (Fsp3) is 0.200. The summed E-state index contributed by atoms with van der Waals surface area (Å²) in [7, 11) is 0. The largest absolute Gasteiger partial charge is 0.347 e. The fourth-order valence-corrected chi connectivity index (χ4v) is 4.62. The smallest absolute Gasteiger partial charge is 0.263 e. The van der Waals surface area contributed by atoms with Crippen molar-refractivity contribution in [2.75, 3.05) is 11.4 Å². The number of halogens is 2. The van der Waals surface area contributed by atoms with Crippen LogP contribution in [0.25, 0.3) is 10.1 Å². The van der Waals surface area contributed by atoms with Gasteiger partial charge >= 0.3 is 0 Å². The van der Waals surface area contributed by atoms with Crippen LogP contribution in [-0.4, -0.2) is 18.4 Å². The van der Waals surface area contributed by atoms with E-state index in [2.05, 4.69) is 5.32 Å². The van der Waals surface area contributed by atoms with E-state index < -0.39 is 0 Å². The van der Waals surface area contributed by atoms with Crippen molar-refractivity contribution in [3.8, 4) is 0 Å². The number of rotatable bonds is 4. The first-order chi connectivity index (χ1) is 13.0. The van der Waals surface area contributed by atoms with Crippen LogP contribution in [0, 0.1) is 5.82 Å². The maximum atomic E-state index is 13.4. The summed E-state index contributed by atoms with van der Waals surface area (Å²) >= 11 is 7.46. The molecule has 4 rings (SSSR count). The van der Waals surface area contributed by atoms with E-state index in [0.717, 1.165) is 24.2 Å². The summed E-state index contributed by atoms with van der Waals surface area (Å²) in [5.74, 6) is -0.503. The van der Waals surface area contributed by atoms with E-state index in [9.17, 15) is 14.0 Å². The molecule has 1 N–H and O–H groups in total. The summed E-state index contributed by atoms with van der Waals surface area (Å²) in [5, 5.41) is 3.86. The molecule has 2 amide bonds. The van der Waals surface area contributed by atoms with Crippen LogP contribution in [0.3, 0.4) is 0 Å². The van der Waals surface area contributed by atoms with E-state index in [0.29, 0.717) is 33.0 Å². The van der Waals surface area contributed by atoms with Crippen molar-refractivity contribution in [3.05, 3.63) is 63.7 Å². The molecule has 1 saturated heterocycles. The summed E-state index contributed by atoms with van der Waals surface area (Å²) in [6, 6.07) is 11.8. The van der Waals surface area contributed by atoms with Gasteiger partial charge in [0, 0.05) is 35.3 Å². The van der Waals surface area contributed by atoms with Crippen molar-refractivity contribution in [2.24, 2.45) is 0 Å². The van der Waals surface area contributed by atoms with Gasteiger partial charge < -0.3 is 10.2 Å². The third-order valence-electron chi connectivity index (χ3n) is 4.57. The zero-order valence-corrected chi connectivity index (χ0v) is 15.9. The highest BCUT2D eigenvalue weighted by atomic mass is 35.5. The van der Waals surface area contributed by atoms with Crippen molar-refractivity contribution in [1.82, 2.24) is 5.32 Å². The zero-order chi connectivity index (χ0) is 19.0. The molecule has 0 unspecified atom stereocenters. The maximum Gasteiger partial charge on any atom is 0.263 e. The van der Waals surface area contributed by atoms with Gasteiger partial charge in [0.25, 0.3) is 5.91 Å². The molecule has 4 nitrogen and oxygen atoms in total. The van der Waals surface area contributed by atoms with Gasteiger partial charge in [0.1, 0.15) is 10.7 Å².